The van der Waals surface area contributed by atoms with E-state index in [9.17, 15) is 14.4 Å². The number of rotatable bonds is 12. The molecule has 1 heterocycles. The second-order valence-electron chi connectivity index (χ2n) is 9.72. The smallest absolute Gasteiger partial charge is 0.226 e. The number of unbranched alkanes of at least 4 members (excludes halogenated alkanes) is 2. The maximum Gasteiger partial charge on any atom is 0.226 e. The van der Waals surface area contributed by atoms with E-state index in [1.54, 1.807) is 39.7 Å². The minimum absolute atomic E-state index is 0.0509. The number of benzene rings is 1. The lowest BCUT2D eigenvalue weighted by Gasteiger charge is -2.19. The minimum Gasteiger partial charge on any atom is -0.493 e. The van der Waals surface area contributed by atoms with Crippen LogP contribution in [0, 0.1) is 0 Å². The van der Waals surface area contributed by atoms with Crippen molar-refractivity contribution in [3.63, 3.8) is 0 Å². The van der Waals surface area contributed by atoms with Crippen LogP contribution in [0.2, 0.25) is 0 Å². The third kappa shape index (κ3) is 7.15. The molecule has 0 fully saturated rings. The first-order valence-corrected chi connectivity index (χ1v) is 14.4. The number of aryl methyl sites for hydroxylation is 1. The number of hydrogen-bond acceptors (Lipinski definition) is 9. The summed E-state index contributed by atoms with van der Waals surface area (Å²) >= 11 is 1.39. The molecule has 0 saturated heterocycles. The fourth-order valence-electron chi connectivity index (χ4n) is 5.13. The van der Waals surface area contributed by atoms with Crippen LogP contribution in [0.3, 0.4) is 0 Å². The Hall–Kier alpha value is -4.12. The molecule has 4 rings (SSSR count). The van der Waals surface area contributed by atoms with Crippen LogP contribution < -0.4 is 35.6 Å². The van der Waals surface area contributed by atoms with Gasteiger partial charge in [-0.15, -0.1) is 11.3 Å². The summed E-state index contributed by atoms with van der Waals surface area (Å²) < 4.78 is 17.0. The summed E-state index contributed by atoms with van der Waals surface area (Å²) in [7, 11) is 4.71. The zero-order chi connectivity index (χ0) is 29.4. The number of carbonyl (C=O) groups is 2. The van der Waals surface area contributed by atoms with Crippen LogP contribution in [0.1, 0.15) is 56.2 Å². The quantitative estimate of drug-likeness (QED) is 0.257. The molecule has 0 bridgehead atoms. The van der Waals surface area contributed by atoms with E-state index in [0.717, 1.165) is 36.0 Å². The highest BCUT2D eigenvalue weighted by molar-refractivity contribution is 7.13. The first-order valence-electron chi connectivity index (χ1n) is 13.6. The third-order valence-electron chi connectivity index (χ3n) is 6.99. The summed E-state index contributed by atoms with van der Waals surface area (Å²) in [6, 6.07) is 6.85. The van der Waals surface area contributed by atoms with Gasteiger partial charge in [0, 0.05) is 37.0 Å². The predicted octanol–water partition coefficient (Wildman–Crippen LogP) is 4.93. The van der Waals surface area contributed by atoms with E-state index in [1.807, 2.05) is 17.5 Å². The monoisotopic (exact) mass is 580 g/mol. The largest absolute Gasteiger partial charge is 0.493 e. The molecule has 3 N–H and O–H groups in total. The first kappa shape index (κ1) is 29.9. The fourth-order valence-corrected chi connectivity index (χ4v) is 5.68. The molecular formula is C30H36N4O6S. The minimum atomic E-state index is -0.361. The van der Waals surface area contributed by atoms with Gasteiger partial charge in [0.1, 0.15) is 0 Å². The Morgan fingerprint density at radius 3 is 2.54 bits per heavy atom. The van der Waals surface area contributed by atoms with Crippen molar-refractivity contribution in [1.29, 1.82) is 0 Å². The van der Waals surface area contributed by atoms with Gasteiger partial charge in [0.2, 0.25) is 23.0 Å². The molecular weight excluding hydrogens is 544 g/mol. The molecule has 2 amide bonds. The number of carbonyl (C=O) groups excluding carboxylic acids is 2. The van der Waals surface area contributed by atoms with Gasteiger partial charge < -0.3 is 30.2 Å². The van der Waals surface area contributed by atoms with E-state index in [2.05, 4.69) is 20.9 Å². The summed E-state index contributed by atoms with van der Waals surface area (Å²) in [5.74, 6) is 1.30. The van der Waals surface area contributed by atoms with Crippen LogP contribution in [-0.2, 0) is 16.0 Å². The topological polar surface area (TPSA) is 128 Å². The maximum atomic E-state index is 13.4. The second-order valence-corrected chi connectivity index (χ2v) is 10.6. The molecule has 1 atom stereocenters. The van der Waals surface area contributed by atoms with E-state index >= 15 is 0 Å². The maximum absolute atomic E-state index is 13.4. The molecule has 1 aliphatic rings. The van der Waals surface area contributed by atoms with Crippen molar-refractivity contribution < 1.29 is 23.8 Å². The average molecular weight is 581 g/mol. The zero-order valence-corrected chi connectivity index (χ0v) is 24.6. The van der Waals surface area contributed by atoms with Gasteiger partial charge in [-0.1, -0.05) is 12.5 Å². The Kier molecular flexibility index (Phi) is 10.2. The Balaban J connectivity index is 1.56. The van der Waals surface area contributed by atoms with Crippen LogP contribution in [0.15, 0.2) is 40.6 Å². The summed E-state index contributed by atoms with van der Waals surface area (Å²) in [6.45, 7) is 2.05. The number of amides is 2. The first-order chi connectivity index (χ1) is 19.9. The molecule has 218 valence electrons. The van der Waals surface area contributed by atoms with Crippen molar-refractivity contribution in [2.75, 3.05) is 38.5 Å². The van der Waals surface area contributed by atoms with E-state index in [0.29, 0.717) is 59.4 Å². The molecule has 0 spiro atoms. The van der Waals surface area contributed by atoms with E-state index < -0.39 is 0 Å². The highest BCUT2D eigenvalue weighted by atomic mass is 32.1. The standard InChI is InChI=1S/C30H36N4O6S/c1-18(35)33-22-11-9-19-16-25(38-2)28(39-3)29(40-4)27(19)20-10-12-23(24(36)17-21(20)22)31-13-7-5-6-8-26(37)34-30-32-14-15-41-30/h10,12,14-17,22H,5-9,11,13H2,1-4H3,(H,31,36)(H,33,35)(H,32,34,37). The van der Waals surface area contributed by atoms with Crippen molar-refractivity contribution >= 4 is 34.0 Å². The molecule has 0 saturated carbocycles. The highest BCUT2D eigenvalue weighted by Gasteiger charge is 2.29. The van der Waals surface area contributed by atoms with Crippen molar-refractivity contribution in [2.45, 2.75) is 51.5 Å². The van der Waals surface area contributed by atoms with Crippen molar-refractivity contribution in [1.82, 2.24) is 10.3 Å². The van der Waals surface area contributed by atoms with Crippen LogP contribution in [0.25, 0.3) is 11.1 Å². The number of methoxy groups -OCH3 is 3. The average Bonchev–Trinajstić information content (AvgIpc) is 3.35. The Morgan fingerprint density at radius 2 is 1.85 bits per heavy atom. The number of nitrogens with zero attached hydrogens (tertiary/aromatic N) is 1. The number of hydrogen-bond donors (Lipinski definition) is 3. The van der Waals surface area contributed by atoms with E-state index in [4.69, 9.17) is 14.2 Å². The van der Waals surface area contributed by atoms with Gasteiger partial charge in [0.05, 0.1) is 33.1 Å². The number of fused-ring (bicyclic) bond motifs is 3. The molecule has 1 unspecified atom stereocenters. The van der Waals surface area contributed by atoms with Gasteiger partial charge in [0.15, 0.2) is 16.6 Å². The SMILES string of the molecule is COc1cc2c(c(OC)c1OC)-c1ccc(NCCCCCC(=O)Nc3nccs3)c(=O)cc1C(NC(C)=O)CC2. The molecule has 2 aromatic carbocycles. The third-order valence-corrected chi connectivity index (χ3v) is 7.68. The van der Waals surface area contributed by atoms with Gasteiger partial charge in [-0.25, -0.2) is 4.98 Å². The Bertz CT molecular complexity index is 1440. The van der Waals surface area contributed by atoms with Crippen molar-refractivity contribution in [3.05, 3.63) is 57.2 Å². The molecule has 0 radical (unpaired) electrons. The lowest BCUT2D eigenvalue weighted by molar-refractivity contribution is -0.119. The lowest BCUT2D eigenvalue weighted by atomic mass is 9.95. The Morgan fingerprint density at radius 1 is 1.05 bits per heavy atom. The van der Waals surface area contributed by atoms with Gasteiger partial charge in [-0.3, -0.25) is 14.4 Å². The molecule has 41 heavy (non-hydrogen) atoms. The van der Waals surface area contributed by atoms with Gasteiger partial charge >= 0.3 is 0 Å². The van der Waals surface area contributed by atoms with Gasteiger partial charge in [-0.2, -0.15) is 0 Å². The zero-order valence-electron chi connectivity index (χ0n) is 23.8. The van der Waals surface area contributed by atoms with E-state index in [1.165, 1.54) is 18.3 Å². The summed E-state index contributed by atoms with van der Waals surface area (Å²) in [4.78, 5) is 41.6. The molecule has 10 nitrogen and oxygen atoms in total. The molecule has 11 heteroatoms. The molecule has 3 aromatic rings. The van der Waals surface area contributed by atoms with Crippen molar-refractivity contribution in [3.8, 4) is 28.4 Å². The summed E-state index contributed by atoms with van der Waals surface area (Å²) in [6.07, 6.45) is 5.67. The summed E-state index contributed by atoms with van der Waals surface area (Å²) in [5, 5.41) is 11.5. The Labute approximate surface area is 243 Å². The normalized spacial score (nSPS) is 13.7. The van der Waals surface area contributed by atoms with Gasteiger partial charge in [0.25, 0.3) is 0 Å². The predicted molar refractivity (Wildman–Crippen MR) is 160 cm³/mol. The van der Waals surface area contributed by atoms with Crippen LogP contribution in [-0.4, -0.2) is 44.7 Å². The van der Waals surface area contributed by atoms with Crippen LogP contribution in [0.5, 0.6) is 17.2 Å². The number of thiazole rings is 1. The number of ether oxygens (including phenoxy) is 3. The van der Waals surface area contributed by atoms with Crippen LogP contribution in [0.4, 0.5) is 10.8 Å². The summed E-state index contributed by atoms with van der Waals surface area (Å²) in [5.41, 5.74) is 3.57. The number of aromatic nitrogens is 1. The molecule has 1 aliphatic carbocycles. The fraction of sp³-hybridized carbons (Fsp3) is 0.400. The molecule has 1 aromatic heterocycles. The molecule has 0 aliphatic heterocycles. The van der Waals surface area contributed by atoms with Crippen molar-refractivity contribution in [2.24, 2.45) is 0 Å². The van der Waals surface area contributed by atoms with Crippen LogP contribution >= 0.6 is 11.3 Å². The van der Waals surface area contributed by atoms with E-state index in [-0.39, 0.29) is 23.3 Å². The number of anilines is 2. The highest BCUT2D eigenvalue weighted by Crippen LogP contribution is 2.50. The second kappa shape index (κ2) is 14.0. The lowest BCUT2D eigenvalue weighted by Crippen LogP contribution is -2.26. The van der Waals surface area contributed by atoms with Gasteiger partial charge in [-0.05, 0) is 60.6 Å². The number of nitrogens with one attached hydrogen (secondary N) is 3.